The fourth-order valence-corrected chi connectivity index (χ4v) is 3.82. The van der Waals surface area contributed by atoms with Crippen LogP contribution in [-0.4, -0.2) is 24.7 Å². The van der Waals surface area contributed by atoms with Crippen LogP contribution in [0.15, 0.2) is 71.6 Å². The van der Waals surface area contributed by atoms with Gasteiger partial charge in [-0.2, -0.15) is 4.98 Å². The number of hydrogen-bond donors (Lipinski definition) is 1. The number of rotatable bonds is 5. The zero-order valence-corrected chi connectivity index (χ0v) is 17.6. The average Bonchev–Trinajstić information content (AvgIpc) is 3.36. The van der Waals surface area contributed by atoms with Gasteiger partial charge in [-0.25, -0.2) is 9.97 Å². The number of aromatic nitrogens is 5. The molecule has 154 valence electrons. The van der Waals surface area contributed by atoms with Gasteiger partial charge in [0.2, 0.25) is 5.95 Å². The number of benzene rings is 2. The molecule has 0 aliphatic carbocycles. The van der Waals surface area contributed by atoms with Gasteiger partial charge in [0.25, 0.3) is 0 Å². The molecule has 3 aromatic heterocycles. The van der Waals surface area contributed by atoms with E-state index >= 15 is 0 Å². The number of anilines is 1. The van der Waals surface area contributed by atoms with Crippen molar-refractivity contribution in [2.45, 2.75) is 26.8 Å². The summed E-state index contributed by atoms with van der Waals surface area (Å²) in [7, 11) is 0. The minimum Gasteiger partial charge on any atom is -0.361 e. The molecular weight excluding hydrogens is 388 g/mol. The van der Waals surface area contributed by atoms with Crippen LogP contribution in [0.3, 0.4) is 0 Å². The molecule has 7 nitrogen and oxygen atoms in total. The van der Waals surface area contributed by atoms with Gasteiger partial charge < -0.3 is 9.84 Å². The molecule has 1 N–H and O–H groups in total. The zero-order valence-electron chi connectivity index (χ0n) is 17.6. The summed E-state index contributed by atoms with van der Waals surface area (Å²) in [6.45, 7) is 5.96. The van der Waals surface area contributed by atoms with Crippen molar-refractivity contribution in [1.29, 1.82) is 0 Å². The van der Waals surface area contributed by atoms with E-state index in [-0.39, 0.29) is 6.04 Å². The van der Waals surface area contributed by atoms with Crippen molar-refractivity contribution in [3.63, 3.8) is 0 Å². The average molecular weight is 410 g/mol. The first-order valence-electron chi connectivity index (χ1n) is 10.2. The van der Waals surface area contributed by atoms with Crippen molar-refractivity contribution in [3.05, 3.63) is 84.1 Å². The standard InChI is InChI=1S/C24H22N6O/c1-15(18-7-5-4-6-8-18)27-24-25-12-11-22(28-24)30-14-26-20-13-19(9-10-21(20)30)23-16(2)29-31-17(23)3/h4-15H,1-3H3,(H,25,27,28)/t15-/m0/s1. The fourth-order valence-electron chi connectivity index (χ4n) is 3.82. The fraction of sp³-hybridized carbons (Fsp3) is 0.167. The second-order valence-corrected chi connectivity index (χ2v) is 7.53. The number of fused-ring (bicyclic) bond motifs is 1. The van der Waals surface area contributed by atoms with Crippen molar-refractivity contribution in [2.24, 2.45) is 0 Å². The van der Waals surface area contributed by atoms with Crippen LogP contribution in [0, 0.1) is 13.8 Å². The predicted molar refractivity (Wildman–Crippen MR) is 120 cm³/mol. The minimum atomic E-state index is 0.0913. The molecule has 31 heavy (non-hydrogen) atoms. The van der Waals surface area contributed by atoms with Crippen molar-refractivity contribution in [1.82, 2.24) is 24.7 Å². The lowest BCUT2D eigenvalue weighted by Crippen LogP contribution is -2.10. The molecule has 5 rings (SSSR count). The quantitative estimate of drug-likeness (QED) is 0.426. The van der Waals surface area contributed by atoms with Gasteiger partial charge in [0, 0.05) is 11.8 Å². The van der Waals surface area contributed by atoms with Gasteiger partial charge in [-0.1, -0.05) is 41.6 Å². The van der Waals surface area contributed by atoms with E-state index in [1.165, 1.54) is 5.56 Å². The molecule has 2 aromatic carbocycles. The maximum atomic E-state index is 5.31. The Hall–Kier alpha value is -4.00. The van der Waals surface area contributed by atoms with Gasteiger partial charge in [0.05, 0.1) is 22.8 Å². The van der Waals surface area contributed by atoms with Gasteiger partial charge in [-0.3, -0.25) is 4.57 Å². The Morgan fingerprint density at radius 1 is 1.00 bits per heavy atom. The molecule has 0 radical (unpaired) electrons. The molecular formula is C24H22N6O. The Morgan fingerprint density at radius 3 is 2.61 bits per heavy atom. The molecule has 0 saturated carbocycles. The van der Waals surface area contributed by atoms with E-state index in [9.17, 15) is 0 Å². The number of hydrogen-bond acceptors (Lipinski definition) is 6. The van der Waals surface area contributed by atoms with Crippen molar-refractivity contribution < 1.29 is 4.52 Å². The Kier molecular flexibility index (Phi) is 4.71. The molecule has 0 spiro atoms. The maximum absolute atomic E-state index is 5.31. The molecule has 5 aromatic rings. The summed E-state index contributed by atoms with van der Waals surface area (Å²) in [5, 5.41) is 7.43. The summed E-state index contributed by atoms with van der Waals surface area (Å²) in [5.41, 5.74) is 5.95. The third kappa shape index (κ3) is 3.54. The molecule has 3 heterocycles. The summed E-state index contributed by atoms with van der Waals surface area (Å²) in [5.74, 6) is 2.13. The van der Waals surface area contributed by atoms with Crippen molar-refractivity contribution >= 4 is 17.0 Å². The van der Waals surface area contributed by atoms with E-state index in [0.717, 1.165) is 39.4 Å². The summed E-state index contributed by atoms with van der Waals surface area (Å²) in [6.07, 6.45) is 3.54. The normalized spacial score (nSPS) is 12.2. The summed E-state index contributed by atoms with van der Waals surface area (Å²) < 4.78 is 7.28. The monoisotopic (exact) mass is 410 g/mol. The number of aryl methyl sites for hydroxylation is 2. The Labute approximate surface area is 179 Å². The SMILES string of the molecule is Cc1noc(C)c1-c1ccc2c(c1)ncn2-c1ccnc(N[C@@H](C)c2ccccc2)n1. The first-order valence-corrected chi connectivity index (χ1v) is 10.2. The first-order chi connectivity index (χ1) is 15.1. The Bertz CT molecular complexity index is 1340. The Morgan fingerprint density at radius 2 is 1.84 bits per heavy atom. The van der Waals surface area contributed by atoms with Crippen LogP contribution in [0.1, 0.15) is 30.0 Å². The summed E-state index contributed by atoms with van der Waals surface area (Å²) in [4.78, 5) is 13.7. The van der Waals surface area contributed by atoms with Crippen LogP contribution >= 0.6 is 0 Å². The topological polar surface area (TPSA) is 81.7 Å². The van der Waals surface area contributed by atoms with Crippen LogP contribution in [0.5, 0.6) is 0 Å². The smallest absolute Gasteiger partial charge is 0.225 e. The highest BCUT2D eigenvalue weighted by molar-refractivity contribution is 5.84. The van der Waals surface area contributed by atoms with Gasteiger partial charge in [-0.15, -0.1) is 0 Å². The highest BCUT2D eigenvalue weighted by Gasteiger charge is 2.14. The largest absolute Gasteiger partial charge is 0.361 e. The molecule has 0 unspecified atom stereocenters. The highest BCUT2D eigenvalue weighted by Crippen LogP contribution is 2.30. The molecule has 0 aliphatic rings. The maximum Gasteiger partial charge on any atom is 0.225 e. The summed E-state index contributed by atoms with van der Waals surface area (Å²) >= 11 is 0. The lowest BCUT2D eigenvalue weighted by molar-refractivity contribution is 0.393. The van der Waals surface area contributed by atoms with Crippen LogP contribution in [0.4, 0.5) is 5.95 Å². The lowest BCUT2D eigenvalue weighted by Gasteiger charge is -2.14. The van der Waals surface area contributed by atoms with E-state index in [4.69, 9.17) is 9.51 Å². The lowest BCUT2D eigenvalue weighted by atomic mass is 10.0. The Balaban J connectivity index is 1.47. The molecule has 0 fully saturated rings. The van der Waals surface area contributed by atoms with Crippen LogP contribution in [-0.2, 0) is 0 Å². The van der Waals surface area contributed by atoms with E-state index in [0.29, 0.717) is 5.95 Å². The van der Waals surface area contributed by atoms with Gasteiger partial charge in [0.1, 0.15) is 17.9 Å². The molecule has 7 heteroatoms. The third-order valence-corrected chi connectivity index (χ3v) is 5.40. The van der Waals surface area contributed by atoms with Crippen LogP contribution < -0.4 is 5.32 Å². The predicted octanol–water partition coefficient (Wildman–Crippen LogP) is 5.26. The molecule has 1 atom stereocenters. The molecule has 0 bridgehead atoms. The van der Waals surface area contributed by atoms with Crippen molar-refractivity contribution in [3.8, 4) is 16.9 Å². The second kappa shape index (κ2) is 7.68. The van der Waals surface area contributed by atoms with E-state index in [1.807, 2.05) is 48.7 Å². The van der Waals surface area contributed by atoms with Crippen LogP contribution in [0.2, 0.25) is 0 Å². The summed E-state index contributed by atoms with van der Waals surface area (Å²) in [6, 6.07) is 18.4. The van der Waals surface area contributed by atoms with E-state index in [1.54, 1.807) is 12.5 Å². The highest BCUT2D eigenvalue weighted by atomic mass is 16.5. The minimum absolute atomic E-state index is 0.0913. The number of nitrogens with one attached hydrogen (secondary N) is 1. The van der Waals surface area contributed by atoms with Gasteiger partial charge in [-0.05, 0) is 50.1 Å². The van der Waals surface area contributed by atoms with E-state index in [2.05, 4.69) is 51.6 Å². The molecule has 0 aliphatic heterocycles. The third-order valence-electron chi connectivity index (χ3n) is 5.40. The number of nitrogens with zero attached hydrogens (tertiary/aromatic N) is 5. The zero-order chi connectivity index (χ0) is 21.4. The first kappa shape index (κ1) is 19.0. The molecule has 0 saturated heterocycles. The van der Waals surface area contributed by atoms with E-state index < -0.39 is 0 Å². The van der Waals surface area contributed by atoms with Crippen molar-refractivity contribution in [2.75, 3.05) is 5.32 Å². The van der Waals surface area contributed by atoms with Crippen LogP contribution in [0.25, 0.3) is 28.0 Å². The van der Waals surface area contributed by atoms with Gasteiger partial charge in [0.15, 0.2) is 0 Å². The second-order valence-electron chi connectivity index (χ2n) is 7.53. The van der Waals surface area contributed by atoms with Gasteiger partial charge >= 0.3 is 0 Å². The molecule has 0 amide bonds. The number of imidazole rings is 1.